The van der Waals surface area contributed by atoms with Crippen molar-refractivity contribution in [1.82, 2.24) is 0 Å². The highest BCUT2D eigenvalue weighted by Crippen LogP contribution is 2.31. The molecule has 0 aliphatic heterocycles. The first kappa shape index (κ1) is 16.1. The van der Waals surface area contributed by atoms with Crippen LogP contribution in [0.4, 0.5) is 0 Å². The summed E-state index contributed by atoms with van der Waals surface area (Å²) in [5.74, 6) is 0.814. The minimum Gasteiger partial charge on any atom is -0.496 e. The zero-order chi connectivity index (χ0) is 15.4. The Morgan fingerprint density at radius 2 is 1.76 bits per heavy atom. The van der Waals surface area contributed by atoms with Gasteiger partial charge < -0.3 is 10.5 Å². The number of aryl methyl sites for hydroxylation is 2. The van der Waals surface area contributed by atoms with Crippen LogP contribution >= 0.6 is 15.9 Å². The van der Waals surface area contributed by atoms with E-state index in [4.69, 9.17) is 10.5 Å². The molecule has 0 radical (unpaired) electrons. The number of rotatable bonds is 5. The minimum absolute atomic E-state index is 0.177. The molecule has 0 heterocycles. The molecule has 0 amide bonds. The predicted octanol–water partition coefficient (Wildman–Crippen LogP) is 4.63. The smallest absolute Gasteiger partial charge is 0.125 e. The van der Waals surface area contributed by atoms with Gasteiger partial charge in [0.25, 0.3) is 0 Å². The quantitative estimate of drug-likeness (QED) is 0.855. The summed E-state index contributed by atoms with van der Waals surface area (Å²) in [6, 6.07) is 12.3. The Hall–Kier alpha value is -1.32. The SMILES string of the molecule is CCc1ccc(C(N)c2ccc(Br)cc2OC)cc1CC. The van der Waals surface area contributed by atoms with Gasteiger partial charge in [0, 0.05) is 10.0 Å². The van der Waals surface area contributed by atoms with E-state index in [0.29, 0.717) is 0 Å². The van der Waals surface area contributed by atoms with Gasteiger partial charge in [-0.3, -0.25) is 0 Å². The molecule has 0 bridgehead atoms. The molecule has 0 spiro atoms. The van der Waals surface area contributed by atoms with Crippen LogP contribution in [0.3, 0.4) is 0 Å². The molecule has 0 aromatic heterocycles. The molecular weight excluding hydrogens is 326 g/mol. The summed E-state index contributed by atoms with van der Waals surface area (Å²) in [5.41, 5.74) is 11.4. The Balaban J connectivity index is 2.42. The van der Waals surface area contributed by atoms with Crippen molar-refractivity contribution < 1.29 is 4.74 Å². The topological polar surface area (TPSA) is 35.2 Å². The Morgan fingerprint density at radius 1 is 1.05 bits per heavy atom. The van der Waals surface area contributed by atoms with Gasteiger partial charge in [0.05, 0.1) is 13.2 Å². The van der Waals surface area contributed by atoms with Crippen LogP contribution < -0.4 is 10.5 Å². The first-order valence-corrected chi connectivity index (χ1v) is 8.10. The van der Waals surface area contributed by atoms with Crippen molar-refractivity contribution in [2.24, 2.45) is 5.73 Å². The maximum Gasteiger partial charge on any atom is 0.125 e. The van der Waals surface area contributed by atoms with E-state index in [9.17, 15) is 0 Å². The van der Waals surface area contributed by atoms with Gasteiger partial charge >= 0.3 is 0 Å². The van der Waals surface area contributed by atoms with Gasteiger partial charge in [-0.15, -0.1) is 0 Å². The van der Waals surface area contributed by atoms with Gasteiger partial charge in [-0.2, -0.15) is 0 Å². The normalized spacial score (nSPS) is 12.2. The van der Waals surface area contributed by atoms with E-state index in [0.717, 1.165) is 34.2 Å². The molecule has 3 heteroatoms. The van der Waals surface area contributed by atoms with Gasteiger partial charge in [-0.1, -0.05) is 54.0 Å². The third-order valence-corrected chi connectivity index (χ3v) is 4.38. The van der Waals surface area contributed by atoms with Crippen LogP contribution in [-0.2, 0) is 12.8 Å². The highest BCUT2D eigenvalue weighted by atomic mass is 79.9. The average molecular weight is 348 g/mol. The van der Waals surface area contributed by atoms with Crippen LogP contribution in [0.15, 0.2) is 40.9 Å². The summed E-state index contributed by atoms with van der Waals surface area (Å²) < 4.78 is 6.45. The Labute approximate surface area is 135 Å². The third kappa shape index (κ3) is 3.47. The van der Waals surface area contributed by atoms with Crippen LogP contribution in [0.25, 0.3) is 0 Å². The monoisotopic (exact) mass is 347 g/mol. The lowest BCUT2D eigenvalue weighted by Crippen LogP contribution is -2.13. The first-order chi connectivity index (χ1) is 10.1. The number of hydrogen-bond donors (Lipinski definition) is 1. The summed E-state index contributed by atoms with van der Waals surface area (Å²) in [6.07, 6.45) is 2.08. The molecule has 0 fully saturated rings. The van der Waals surface area contributed by atoms with E-state index in [1.165, 1.54) is 11.1 Å². The Bertz CT molecular complexity index is 625. The lowest BCUT2D eigenvalue weighted by molar-refractivity contribution is 0.407. The highest BCUT2D eigenvalue weighted by molar-refractivity contribution is 9.10. The largest absolute Gasteiger partial charge is 0.496 e. The molecule has 2 rings (SSSR count). The maximum atomic E-state index is 6.46. The van der Waals surface area contributed by atoms with E-state index < -0.39 is 0 Å². The third-order valence-electron chi connectivity index (χ3n) is 3.88. The first-order valence-electron chi connectivity index (χ1n) is 7.31. The van der Waals surface area contributed by atoms with Gasteiger partial charge in [0.15, 0.2) is 0 Å². The Morgan fingerprint density at radius 3 is 2.38 bits per heavy atom. The lowest BCUT2D eigenvalue weighted by atomic mass is 9.93. The van der Waals surface area contributed by atoms with Crippen LogP contribution in [-0.4, -0.2) is 7.11 Å². The summed E-state index contributed by atoms with van der Waals surface area (Å²) in [6.45, 7) is 4.37. The zero-order valence-electron chi connectivity index (χ0n) is 12.8. The van der Waals surface area contributed by atoms with Crippen molar-refractivity contribution in [1.29, 1.82) is 0 Å². The maximum absolute atomic E-state index is 6.46. The van der Waals surface area contributed by atoms with Crippen LogP contribution in [0.5, 0.6) is 5.75 Å². The molecule has 0 aliphatic carbocycles. The second-order valence-corrected chi connectivity index (χ2v) is 6.01. The van der Waals surface area contributed by atoms with E-state index >= 15 is 0 Å². The number of methoxy groups -OCH3 is 1. The zero-order valence-corrected chi connectivity index (χ0v) is 14.4. The van der Waals surface area contributed by atoms with Crippen molar-refractivity contribution in [2.75, 3.05) is 7.11 Å². The number of benzene rings is 2. The standard InChI is InChI=1S/C18H22BrNO/c1-4-12-6-7-14(10-13(12)5-2)18(20)16-9-8-15(19)11-17(16)21-3/h6-11,18H,4-5,20H2,1-3H3. The second-order valence-electron chi connectivity index (χ2n) is 5.10. The highest BCUT2D eigenvalue weighted by Gasteiger charge is 2.15. The van der Waals surface area contributed by atoms with E-state index in [-0.39, 0.29) is 6.04 Å². The summed E-state index contributed by atoms with van der Waals surface area (Å²) >= 11 is 3.46. The van der Waals surface area contributed by atoms with Crippen molar-refractivity contribution >= 4 is 15.9 Å². The van der Waals surface area contributed by atoms with E-state index in [2.05, 4.69) is 48.0 Å². The summed E-state index contributed by atoms with van der Waals surface area (Å²) in [7, 11) is 1.68. The summed E-state index contributed by atoms with van der Waals surface area (Å²) in [5, 5.41) is 0. The lowest BCUT2D eigenvalue weighted by Gasteiger charge is -2.18. The van der Waals surface area contributed by atoms with Gasteiger partial charge in [0.1, 0.15) is 5.75 Å². The van der Waals surface area contributed by atoms with Gasteiger partial charge in [-0.05, 0) is 41.7 Å². The predicted molar refractivity (Wildman–Crippen MR) is 91.9 cm³/mol. The molecule has 2 N–H and O–H groups in total. The van der Waals surface area contributed by atoms with E-state index in [1.54, 1.807) is 7.11 Å². The van der Waals surface area contributed by atoms with Crippen molar-refractivity contribution in [2.45, 2.75) is 32.7 Å². The molecule has 0 saturated heterocycles. The molecule has 1 unspecified atom stereocenters. The van der Waals surface area contributed by atoms with Gasteiger partial charge in [-0.25, -0.2) is 0 Å². The molecule has 2 nitrogen and oxygen atoms in total. The fourth-order valence-corrected chi connectivity index (χ4v) is 2.97. The number of nitrogens with two attached hydrogens (primary N) is 1. The van der Waals surface area contributed by atoms with E-state index in [1.807, 2.05) is 18.2 Å². The van der Waals surface area contributed by atoms with Crippen molar-refractivity contribution in [3.8, 4) is 5.75 Å². The molecule has 112 valence electrons. The van der Waals surface area contributed by atoms with Crippen molar-refractivity contribution in [3.05, 3.63) is 63.1 Å². The second kappa shape index (κ2) is 7.10. The van der Waals surface area contributed by atoms with Gasteiger partial charge in [0.2, 0.25) is 0 Å². The number of ether oxygens (including phenoxy) is 1. The summed E-state index contributed by atoms with van der Waals surface area (Å²) in [4.78, 5) is 0. The average Bonchev–Trinajstić information content (AvgIpc) is 2.53. The number of hydrogen-bond acceptors (Lipinski definition) is 2. The number of halogens is 1. The van der Waals surface area contributed by atoms with Crippen molar-refractivity contribution in [3.63, 3.8) is 0 Å². The van der Waals surface area contributed by atoms with Crippen LogP contribution in [0, 0.1) is 0 Å². The minimum atomic E-state index is -0.177. The molecule has 0 saturated carbocycles. The Kier molecular flexibility index (Phi) is 5.43. The molecule has 21 heavy (non-hydrogen) atoms. The molecule has 1 atom stereocenters. The van der Waals surface area contributed by atoms with Crippen LogP contribution in [0.2, 0.25) is 0 Å². The molecular formula is C18H22BrNO. The molecule has 2 aromatic carbocycles. The molecule has 0 aliphatic rings. The fraction of sp³-hybridized carbons (Fsp3) is 0.333. The van der Waals surface area contributed by atoms with Crippen LogP contribution in [0.1, 0.15) is 42.1 Å². The molecule has 2 aromatic rings. The fourth-order valence-electron chi connectivity index (χ4n) is 2.63.